The topological polar surface area (TPSA) is 79.9 Å². The minimum atomic E-state index is -0.520. The van der Waals surface area contributed by atoms with Crippen molar-refractivity contribution in [2.75, 3.05) is 5.75 Å². The van der Waals surface area contributed by atoms with Crippen LogP contribution in [0.3, 0.4) is 0 Å². The molecule has 0 spiro atoms. The first-order chi connectivity index (χ1) is 13.4. The predicted molar refractivity (Wildman–Crippen MR) is 114 cm³/mol. The molecule has 0 bridgehead atoms. The van der Waals surface area contributed by atoms with Crippen molar-refractivity contribution in [2.45, 2.75) is 11.9 Å². The van der Waals surface area contributed by atoms with E-state index < -0.39 is 11.5 Å². The van der Waals surface area contributed by atoms with Gasteiger partial charge >= 0.3 is 0 Å². The van der Waals surface area contributed by atoms with Crippen LogP contribution in [0.15, 0.2) is 62.1 Å². The molecule has 0 amide bonds. The molecule has 0 saturated heterocycles. The maximum Gasteiger partial charge on any atom is 0.258 e. The van der Waals surface area contributed by atoms with E-state index in [2.05, 4.69) is 22.0 Å². The Morgan fingerprint density at radius 2 is 1.96 bits per heavy atom. The van der Waals surface area contributed by atoms with Gasteiger partial charge in [-0.2, -0.15) is 5.26 Å². The second-order valence-electron chi connectivity index (χ2n) is 5.74. The first kappa shape index (κ1) is 20.3. The minimum absolute atomic E-state index is 0.00305. The molecule has 0 aliphatic heterocycles. The first-order valence-electron chi connectivity index (χ1n) is 8.09. The van der Waals surface area contributed by atoms with Crippen LogP contribution in [0.2, 0.25) is 0 Å². The lowest BCUT2D eigenvalue weighted by molar-refractivity contribution is 0.0920. The number of Topliss-reactive ketones (excluding diaryl/α,β-unsaturated/α-hetero) is 1. The Labute approximate surface area is 177 Å². The molecule has 28 heavy (non-hydrogen) atoms. The average molecular weight is 473 g/mol. The summed E-state index contributed by atoms with van der Waals surface area (Å²) in [5, 5.41) is 11.8. The summed E-state index contributed by atoms with van der Waals surface area (Å²) in [7, 11) is 0. The molecular formula is C20H13BrN2O3S2. The van der Waals surface area contributed by atoms with Crippen molar-refractivity contribution in [2.24, 2.45) is 0 Å². The monoisotopic (exact) mass is 472 g/mol. The molecule has 0 N–H and O–H groups in total. The Kier molecular flexibility index (Phi) is 6.29. The van der Waals surface area contributed by atoms with Crippen LogP contribution in [0.25, 0.3) is 10.4 Å². The molecule has 3 rings (SSSR count). The number of hydrogen-bond donors (Lipinski definition) is 0. The molecule has 3 aromatic rings. The lowest BCUT2D eigenvalue weighted by Gasteiger charge is -2.13. The van der Waals surface area contributed by atoms with Gasteiger partial charge in [-0.25, -0.2) is 4.57 Å². The van der Waals surface area contributed by atoms with Crippen LogP contribution in [0.4, 0.5) is 0 Å². The summed E-state index contributed by atoms with van der Waals surface area (Å²) in [4.78, 5) is 37.9. The number of benzene rings is 1. The van der Waals surface area contributed by atoms with Crippen LogP contribution >= 0.6 is 39.0 Å². The van der Waals surface area contributed by atoms with E-state index in [0.717, 1.165) is 25.7 Å². The second-order valence-corrected chi connectivity index (χ2v) is 8.57. The third-order valence-corrected chi connectivity index (χ3v) is 6.39. The van der Waals surface area contributed by atoms with E-state index in [1.807, 2.05) is 11.4 Å². The number of nitrogens with zero attached hydrogens (tertiary/aromatic N) is 2. The molecule has 2 heterocycles. The largest absolute Gasteiger partial charge is 0.293 e. The number of ketones is 1. The van der Waals surface area contributed by atoms with Crippen LogP contribution in [0.5, 0.6) is 0 Å². The summed E-state index contributed by atoms with van der Waals surface area (Å²) >= 11 is 5.74. The van der Waals surface area contributed by atoms with Gasteiger partial charge in [0, 0.05) is 33.5 Å². The maximum absolute atomic E-state index is 12.6. The average Bonchev–Trinajstić information content (AvgIpc) is 3.20. The first-order valence-corrected chi connectivity index (χ1v) is 10.7. The van der Waals surface area contributed by atoms with Crippen molar-refractivity contribution in [3.63, 3.8) is 0 Å². The van der Waals surface area contributed by atoms with E-state index in [1.54, 1.807) is 30.3 Å². The molecule has 140 valence electrons. The Bertz CT molecular complexity index is 1140. The molecule has 8 heteroatoms. The van der Waals surface area contributed by atoms with Gasteiger partial charge in [-0.3, -0.25) is 14.4 Å². The summed E-state index contributed by atoms with van der Waals surface area (Å²) < 4.78 is 1.81. The number of pyridine rings is 1. The van der Waals surface area contributed by atoms with Gasteiger partial charge < -0.3 is 0 Å². The molecule has 0 fully saturated rings. The molecule has 1 aromatic carbocycles. The number of carbonyl (C=O) groups is 2. The van der Waals surface area contributed by atoms with E-state index in [1.165, 1.54) is 24.3 Å². The zero-order valence-electron chi connectivity index (χ0n) is 14.6. The highest BCUT2D eigenvalue weighted by atomic mass is 79.9. The summed E-state index contributed by atoms with van der Waals surface area (Å²) in [6.45, 7) is 1.26. The summed E-state index contributed by atoms with van der Waals surface area (Å²) in [6.07, 6.45) is 0. The van der Waals surface area contributed by atoms with Crippen LogP contribution in [-0.2, 0) is 0 Å². The summed E-state index contributed by atoms with van der Waals surface area (Å²) in [5.74, 6) is -0.667. The molecule has 0 saturated carbocycles. The number of thioether (sulfide) groups is 1. The lowest BCUT2D eigenvalue weighted by Crippen LogP contribution is -2.27. The Hall–Kier alpha value is -2.47. The van der Waals surface area contributed by atoms with Crippen LogP contribution in [0.1, 0.15) is 27.6 Å². The fourth-order valence-electron chi connectivity index (χ4n) is 2.61. The van der Waals surface area contributed by atoms with Gasteiger partial charge in [-0.05, 0) is 23.6 Å². The SMILES string of the molecule is CC(=O)n1c(SCC(=O)c2ccc(Br)cc2)c(C#N)c(-c2cccs2)cc1=O. The minimum Gasteiger partial charge on any atom is -0.293 e. The number of hydrogen-bond acceptors (Lipinski definition) is 6. The fraction of sp³-hybridized carbons (Fsp3) is 0.100. The van der Waals surface area contributed by atoms with Crippen molar-refractivity contribution in [1.29, 1.82) is 5.26 Å². The molecule has 0 aliphatic carbocycles. The van der Waals surface area contributed by atoms with Crippen molar-refractivity contribution in [1.82, 2.24) is 4.57 Å². The Balaban J connectivity index is 2.04. The van der Waals surface area contributed by atoms with Crippen LogP contribution < -0.4 is 5.56 Å². The lowest BCUT2D eigenvalue weighted by atomic mass is 10.1. The maximum atomic E-state index is 12.6. The second kappa shape index (κ2) is 8.69. The number of rotatable bonds is 5. The molecule has 0 aliphatic rings. The third kappa shape index (κ3) is 4.17. The highest BCUT2D eigenvalue weighted by Gasteiger charge is 2.21. The number of halogens is 1. The Morgan fingerprint density at radius 3 is 2.54 bits per heavy atom. The predicted octanol–water partition coefficient (Wildman–Crippen LogP) is 4.85. The highest BCUT2D eigenvalue weighted by molar-refractivity contribution is 9.10. The molecule has 5 nitrogen and oxygen atoms in total. The molecular weight excluding hydrogens is 460 g/mol. The summed E-state index contributed by atoms with van der Waals surface area (Å²) in [5.41, 5.74) is 0.679. The van der Waals surface area contributed by atoms with E-state index >= 15 is 0 Å². The molecule has 0 atom stereocenters. The van der Waals surface area contributed by atoms with Gasteiger partial charge in [0.15, 0.2) is 5.78 Å². The zero-order valence-corrected chi connectivity index (χ0v) is 17.9. The molecule has 2 aromatic heterocycles. The van der Waals surface area contributed by atoms with Crippen molar-refractivity contribution in [3.8, 4) is 16.5 Å². The van der Waals surface area contributed by atoms with Crippen molar-refractivity contribution in [3.05, 3.63) is 73.8 Å². The highest BCUT2D eigenvalue weighted by Crippen LogP contribution is 2.33. The Morgan fingerprint density at radius 1 is 1.25 bits per heavy atom. The van der Waals surface area contributed by atoms with E-state index in [-0.39, 0.29) is 22.1 Å². The van der Waals surface area contributed by atoms with E-state index in [4.69, 9.17) is 0 Å². The van der Waals surface area contributed by atoms with Gasteiger partial charge in [0.05, 0.1) is 11.3 Å². The van der Waals surface area contributed by atoms with E-state index in [0.29, 0.717) is 11.1 Å². The zero-order chi connectivity index (χ0) is 20.3. The fourth-order valence-corrected chi connectivity index (χ4v) is 4.70. The number of thiophene rings is 1. The van der Waals surface area contributed by atoms with Gasteiger partial charge in [-0.15, -0.1) is 11.3 Å². The van der Waals surface area contributed by atoms with Crippen LogP contribution in [-0.4, -0.2) is 22.0 Å². The summed E-state index contributed by atoms with van der Waals surface area (Å²) in [6, 6.07) is 13.9. The van der Waals surface area contributed by atoms with Gasteiger partial charge in [-0.1, -0.05) is 45.9 Å². The standard InChI is InChI=1S/C20H13BrN2O3S2/c1-12(24)23-19(26)9-15(18-3-2-8-27-18)16(10-22)20(23)28-11-17(25)13-4-6-14(21)7-5-13/h2-9H,11H2,1H3. The van der Waals surface area contributed by atoms with Gasteiger partial charge in [0.2, 0.25) is 5.91 Å². The third-order valence-electron chi connectivity index (χ3n) is 3.89. The molecule has 0 unspecified atom stereocenters. The number of aromatic nitrogens is 1. The molecule has 0 radical (unpaired) electrons. The number of carbonyl (C=O) groups excluding carboxylic acids is 2. The normalized spacial score (nSPS) is 10.5. The number of nitriles is 1. The van der Waals surface area contributed by atoms with Crippen molar-refractivity contribution < 1.29 is 9.59 Å². The quantitative estimate of drug-likeness (QED) is 0.391. The van der Waals surface area contributed by atoms with Gasteiger partial charge in [0.25, 0.3) is 5.56 Å². The smallest absolute Gasteiger partial charge is 0.258 e. The van der Waals surface area contributed by atoms with Crippen LogP contribution in [0, 0.1) is 11.3 Å². The van der Waals surface area contributed by atoms with Crippen molar-refractivity contribution >= 4 is 50.7 Å². The van der Waals surface area contributed by atoms with Gasteiger partial charge in [0.1, 0.15) is 11.1 Å². The van der Waals surface area contributed by atoms with E-state index in [9.17, 15) is 19.6 Å².